The van der Waals surface area contributed by atoms with E-state index in [1.165, 1.54) is 16.8 Å². The van der Waals surface area contributed by atoms with E-state index in [0.717, 1.165) is 25.7 Å². The van der Waals surface area contributed by atoms with Crippen molar-refractivity contribution >= 4 is 11.7 Å². The largest absolute Gasteiger partial charge is 0.481 e. The summed E-state index contributed by atoms with van der Waals surface area (Å²) in [5, 5.41) is 9.04. The van der Waals surface area contributed by atoms with Gasteiger partial charge < -0.3 is 10.0 Å². The van der Waals surface area contributed by atoms with Gasteiger partial charge in [-0.15, -0.1) is 0 Å². The van der Waals surface area contributed by atoms with E-state index in [-0.39, 0.29) is 5.92 Å². The molecule has 0 heterocycles. The molecular formula is C16H23NO2. The summed E-state index contributed by atoms with van der Waals surface area (Å²) < 4.78 is 0. The predicted octanol–water partition coefficient (Wildman–Crippen LogP) is 3.38. The highest BCUT2D eigenvalue weighted by Gasteiger charge is 2.28. The topological polar surface area (TPSA) is 40.5 Å². The highest BCUT2D eigenvalue weighted by Crippen LogP contribution is 2.30. The number of rotatable bonds is 3. The monoisotopic (exact) mass is 261 g/mol. The zero-order chi connectivity index (χ0) is 14.0. The number of carboxylic acids is 1. The van der Waals surface area contributed by atoms with Crippen molar-refractivity contribution in [3.8, 4) is 0 Å². The molecule has 1 fully saturated rings. The van der Waals surface area contributed by atoms with Gasteiger partial charge in [-0.25, -0.2) is 0 Å². The average molecular weight is 261 g/mol. The third-order valence-electron chi connectivity index (χ3n) is 4.21. The maximum absolute atomic E-state index is 11.0. The molecule has 1 aromatic carbocycles. The van der Waals surface area contributed by atoms with Crippen molar-refractivity contribution in [2.75, 3.05) is 11.9 Å². The van der Waals surface area contributed by atoms with Crippen molar-refractivity contribution in [2.24, 2.45) is 5.92 Å². The summed E-state index contributed by atoms with van der Waals surface area (Å²) in [5.74, 6) is -0.767. The molecule has 19 heavy (non-hydrogen) atoms. The van der Waals surface area contributed by atoms with Crippen LogP contribution in [0.2, 0.25) is 0 Å². The summed E-state index contributed by atoms with van der Waals surface area (Å²) in [6, 6.07) is 7.06. The van der Waals surface area contributed by atoms with E-state index in [0.29, 0.717) is 6.04 Å². The molecule has 1 N–H and O–H groups in total. The zero-order valence-corrected chi connectivity index (χ0v) is 12.0. The second-order valence-electron chi connectivity index (χ2n) is 5.80. The summed E-state index contributed by atoms with van der Waals surface area (Å²) >= 11 is 0. The number of benzene rings is 1. The van der Waals surface area contributed by atoms with E-state index in [1.54, 1.807) is 0 Å². The summed E-state index contributed by atoms with van der Waals surface area (Å²) in [7, 11) is 2.12. The molecule has 3 nitrogen and oxygen atoms in total. The van der Waals surface area contributed by atoms with Gasteiger partial charge >= 0.3 is 5.97 Å². The first-order chi connectivity index (χ1) is 8.97. The lowest BCUT2D eigenvalue weighted by Gasteiger charge is -2.35. The first-order valence-corrected chi connectivity index (χ1v) is 7.01. The lowest BCUT2D eigenvalue weighted by Crippen LogP contribution is -2.36. The van der Waals surface area contributed by atoms with Crippen LogP contribution in [0.4, 0.5) is 5.69 Å². The molecule has 1 aromatic rings. The molecule has 0 aromatic heterocycles. The van der Waals surface area contributed by atoms with E-state index < -0.39 is 5.97 Å². The molecule has 3 heteroatoms. The van der Waals surface area contributed by atoms with Crippen LogP contribution in [-0.4, -0.2) is 24.2 Å². The van der Waals surface area contributed by atoms with Crippen LogP contribution in [-0.2, 0) is 4.79 Å². The second kappa shape index (κ2) is 5.64. The summed E-state index contributed by atoms with van der Waals surface area (Å²) in [6.45, 7) is 4.23. The summed E-state index contributed by atoms with van der Waals surface area (Å²) in [5.41, 5.74) is 3.80. The number of anilines is 1. The lowest BCUT2D eigenvalue weighted by molar-refractivity contribution is -0.142. The molecule has 0 atom stereocenters. The maximum atomic E-state index is 11.0. The fourth-order valence-corrected chi connectivity index (χ4v) is 3.08. The Kier molecular flexibility index (Phi) is 4.13. The minimum atomic E-state index is -0.632. The smallest absolute Gasteiger partial charge is 0.306 e. The Morgan fingerprint density at radius 1 is 1.11 bits per heavy atom. The second-order valence-corrected chi connectivity index (χ2v) is 5.80. The number of carboxylic acid groups (broad SMARTS) is 1. The first-order valence-electron chi connectivity index (χ1n) is 7.01. The molecule has 0 bridgehead atoms. The summed E-state index contributed by atoms with van der Waals surface area (Å²) in [4.78, 5) is 13.3. The van der Waals surface area contributed by atoms with Crippen LogP contribution in [0.25, 0.3) is 0 Å². The van der Waals surface area contributed by atoms with Crippen molar-refractivity contribution in [1.29, 1.82) is 0 Å². The molecule has 1 aliphatic rings. The lowest BCUT2D eigenvalue weighted by atomic mass is 9.85. The van der Waals surface area contributed by atoms with Gasteiger partial charge in [-0.05, 0) is 62.8 Å². The Morgan fingerprint density at radius 3 is 2.11 bits per heavy atom. The van der Waals surface area contributed by atoms with Crippen LogP contribution in [0.15, 0.2) is 18.2 Å². The van der Waals surface area contributed by atoms with Gasteiger partial charge in [0.05, 0.1) is 5.92 Å². The third-order valence-corrected chi connectivity index (χ3v) is 4.21. The molecule has 1 saturated carbocycles. The minimum absolute atomic E-state index is 0.135. The highest BCUT2D eigenvalue weighted by molar-refractivity contribution is 5.70. The van der Waals surface area contributed by atoms with Crippen LogP contribution >= 0.6 is 0 Å². The van der Waals surface area contributed by atoms with Crippen LogP contribution in [0.5, 0.6) is 0 Å². The van der Waals surface area contributed by atoms with Gasteiger partial charge in [-0.3, -0.25) is 4.79 Å². The van der Waals surface area contributed by atoms with Gasteiger partial charge in [-0.1, -0.05) is 6.07 Å². The van der Waals surface area contributed by atoms with Crippen LogP contribution in [0.3, 0.4) is 0 Å². The number of hydrogen-bond donors (Lipinski definition) is 1. The molecule has 0 amide bonds. The van der Waals surface area contributed by atoms with Gasteiger partial charge in [0, 0.05) is 18.8 Å². The van der Waals surface area contributed by atoms with Gasteiger partial charge in [0.15, 0.2) is 0 Å². The molecule has 0 saturated heterocycles. The molecule has 0 spiro atoms. The fraction of sp³-hybridized carbons (Fsp3) is 0.562. The number of hydrogen-bond acceptors (Lipinski definition) is 2. The van der Waals surface area contributed by atoms with E-state index in [1.807, 2.05) is 0 Å². The Bertz CT molecular complexity index is 442. The Morgan fingerprint density at radius 2 is 1.63 bits per heavy atom. The molecule has 2 rings (SSSR count). The van der Waals surface area contributed by atoms with Crippen molar-refractivity contribution in [3.05, 3.63) is 29.3 Å². The Labute approximate surface area is 115 Å². The Hall–Kier alpha value is -1.51. The van der Waals surface area contributed by atoms with Gasteiger partial charge in [0.2, 0.25) is 0 Å². The van der Waals surface area contributed by atoms with E-state index in [4.69, 9.17) is 5.11 Å². The molecule has 0 radical (unpaired) electrons. The molecule has 0 unspecified atom stereocenters. The minimum Gasteiger partial charge on any atom is -0.481 e. The van der Waals surface area contributed by atoms with Crippen LogP contribution < -0.4 is 4.90 Å². The predicted molar refractivity (Wildman–Crippen MR) is 77.7 cm³/mol. The molecule has 104 valence electrons. The first kappa shape index (κ1) is 13.9. The standard InChI is InChI=1S/C16H23NO2/c1-11-8-12(2)10-15(9-11)17(3)14-6-4-13(5-7-14)16(18)19/h8-10,13-14H,4-7H2,1-3H3,(H,18,19). The number of carbonyl (C=O) groups is 1. The van der Waals surface area contributed by atoms with Crippen LogP contribution in [0, 0.1) is 19.8 Å². The fourth-order valence-electron chi connectivity index (χ4n) is 3.08. The van der Waals surface area contributed by atoms with E-state index >= 15 is 0 Å². The van der Waals surface area contributed by atoms with Gasteiger partial charge in [0.1, 0.15) is 0 Å². The summed E-state index contributed by atoms with van der Waals surface area (Å²) in [6.07, 6.45) is 3.55. The van der Waals surface area contributed by atoms with Gasteiger partial charge in [-0.2, -0.15) is 0 Å². The highest BCUT2D eigenvalue weighted by atomic mass is 16.4. The zero-order valence-electron chi connectivity index (χ0n) is 12.0. The van der Waals surface area contributed by atoms with E-state index in [2.05, 4.69) is 44.0 Å². The Balaban J connectivity index is 2.04. The molecule has 0 aliphatic heterocycles. The third kappa shape index (κ3) is 3.28. The maximum Gasteiger partial charge on any atom is 0.306 e. The van der Waals surface area contributed by atoms with Crippen molar-refractivity contribution < 1.29 is 9.90 Å². The number of aryl methyl sites for hydroxylation is 2. The average Bonchev–Trinajstić information content (AvgIpc) is 2.37. The SMILES string of the molecule is Cc1cc(C)cc(N(C)C2CCC(C(=O)O)CC2)c1. The van der Waals surface area contributed by atoms with Crippen molar-refractivity contribution in [3.63, 3.8) is 0 Å². The normalized spacial score (nSPS) is 23.1. The quantitative estimate of drug-likeness (QED) is 0.906. The number of aliphatic carboxylic acids is 1. The number of nitrogens with zero attached hydrogens (tertiary/aromatic N) is 1. The molecule has 1 aliphatic carbocycles. The van der Waals surface area contributed by atoms with Gasteiger partial charge in [0.25, 0.3) is 0 Å². The van der Waals surface area contributed by atoms with Crippen molar-refractivity contribution in [1.82, 2.24) is 0 Å². The van der Waals surface area contributed by atoms with E-state index in [9.17, 15) is 4.79 Å². The molecular weight excluding hydrogens is 238 g/mol. The van der Waals surface area contributed by atoms with Crippen LogP contribution in [0.1, 0.15) is 36.8 Å². The van der Waals surface area contributed by atoms with Crippen molar-refractivity contribution in [2.45, 2.75) is 45.6 Å².